The fourth-order valence-corrected chi connectivity index (χ4v) is 4.10. The highest BCUT2D eigenvalue weighted by Gasteiger charge is 2.42. The van der Waals surface area contributed by atoms with E-state index >= 15 is 0 Å². The van der Waals surface area contributed by atoms with Gasteiger partial charge in [-0.3, -0.25) is 9.36 Å². The lowest BCUT2D eigenvalue weighted by Gasteiger charge is -2.32. The second kappa shape index (κ2) is 9.43. The average Bonchev–Trinajstić information content (AvgIpc) is 3.02. The molecule has 3 aliphatic rings. The zero-order valence-corrected chi connectivity index (χ0v) is 18.2. The standard InChI is InChI=1S/C21H23N3O5.C2H6/c1-2-28-19(27)15-16(29-18(26)14-6-4-3-5-7-14)17(25)24-12-13-8-10-21(22,11-9-13)20(24)23-15;1-2/h3-7,13H,2,8-12,22H2,1H3;1-2H3. The van der Waals surface area contributed by atoms with E-state index in [1.54, 1.807) is 37.3 Å². The van der Waals surface area contributed by atoms with Crippen LogP contribution in [0.5, 0.6) is 5.75 Å². The lowest BCUT2D eigenvalue weighted by molar-refractivity contribution is 0.0510. The van der Waals surface area contributed by atoms with Crippen LogP contribution in [0.25, 0.3) is 0 Å². The molecule has 1 aromatic carbocycles. The van der Waals surface area contributed by atoms with Gasteiger partial charge in [0.15, 0.2) is 5.69 Å². The van der Waals surface area contributed by atoms with E-state index in [-0.39, 0.29) is 17.9 Å². The van der Waals surface area contributed by atoms with E-state index in [0.717, 1.165) is 12.8 Å². The van der Waals surface area contributed by atoms with Crippen molar-refractivity contribution in [1.29, 1.82) is 0 Å². The Morgan fingerprint density at radius 3 is 2.42 bits per heavy atom. The van der Waals surface area contributed by atoms with Crippen LogP contribution < -0.4 is 16.0 Å². The summed E-state index contributed by atoms with van der Waals surface area (Å²) in [6.07, 6.45) is 3.14. The molecule has 0 saturated heterocycles. The Morgan fingerprint density at radius 2 is 1.81 bits per heavy atom. The van der Waals surface area contributed by atoms with E-state index in [1.807, 2.05) is 13.8 Å². The summed E-state index contributed by atoms with van der Waals surface area (Å²) in [6.45, 7) is 6.19. The highest BCUT2D eigenvalue weighted by atomic mass is 16.6. The maximum absolute atomic E-state index is 13.3. The number of aromatic nitrogens is 2. The molecule has 0 radical (unpaired) electrons. The molecule has 0 unspecified atom stereocenters. The molecule has 2 aromatic rings. The fraction of sp³-hybridized carbons (Fsp3) is 0.478. The van der Waals surface area contributed by atoms with Crippen LogP contribution in [0, 0.1) is 5.92 Å². The summed E-state index contributed by atoms with van der Waals surface area (Å²) in [4.78, 5) is 42.9. The number of hydrogen-bond donors (Lipinski definition) is 1. The molecular formula is C23H29N3O5. The van der Waals surface area contributed by atoms with Crippen LogP contribution in [0.15, 0.2) is 35.1 Å². The van der Waals surface area contributed by atoms with Crippen LogP contribution in [-0.4, -0.2) is 28.1 Å². The minimum absolute atomic E-state index is 0.0981. The van der Waals surface area contributed by atoms with Crippen LogP contribution in [-0.2, 0) is 16.8 Å². The minimum Gasteiger partial charge on any atom is -0.461 e. The van der Waals surface area contributed by atoms with Crippen LogP contribution in [0.4, 0.5) is 0 Å². The van der Waals surface area contributed by atoms with Crippen molar-refractivity contribution >= 4 is 11.9 Å². The smallest absolute Gasteiger partial charge is 0.361 e. The maximum Gasteiger partial charge on any atom is 0.361 e. The SMILES string of the molecule is CC.CCOC(=O)c1nc2n(c(=O)c1OC(=O)c1ccccc1)CC1CCC2(N)CC1. The third kappa shape index (κ3) is 4.39. The van der Waals surface area contributed by atoms with Gasteiger partial charge in [0.1, 0.15) is 5.82 Å². The predicted molar refractivity (Wildman–Crippen MR) is 115 cm³/mol. The van der Waals surface area contributed by atoms with E-state index in [0.29, 0.717) is 31.1 Å². The van der Waals surface area contributed by atoms with Crippen LogP contribution >= 0.6 is 0 Å². The van der Waals surface area contributed by atoms with Gasteiger partial charge in [0, 0.05) is 6.54 Å². The summed E-state index contributed by atoms with van der Waals surface area (Å²) in [6, 6.07) is 8.25. The van der Waals surface area contributed by atoms with Crippen LogP contribution in [0.1, 0.15) is 73.1 Å². The van der Waals surface area contributed by atoms with E-state index in [2.05, 4.69) is 4.98 Å². The van der Waals surface area contributed by atoms with Gasteiger partial charge in [-0.05, 0) is 50.7 Å². The first-order valence-corrected chi connectivity index (χ1v) is 10.8. The minimum atomic E-state index is -0.814. The number of benzene rings is 1. The number of fused-ring (bicyclic) bond motifs is 2. The van der Waals surface area contributed by atoms with Gasteiger partial charge in [0.25, 0.3) is 5.56 Å². The molecule has 166 valence electrons. The number of nitrogens with two attached hydrogens (primary N) is 1. The third-order valence-corrected chi connectivity index (χ3v) is 5.68. The van der Waals surface area contributed by atoms with Crippen molar-refractivity contribution in [2.24, 2.45) is 11.7 Å². The number of esters is 2. The van der Waals surface area contributed by atoms with Crippen molar-refractivity contribution in [3.63, 3.8) is 0 Å². The van der Waals surface area contributed by atoms with E-state index in [4.69, 9.17) is 15.2 Å². The first-order chi connectivity index (χ1) is 14.9. The van der Waals surface area contributed by atoms with Crippen LogP contribution in [0.3, 0.4) is 0 Å². The molecule has 2 N–H and O–H groups in total. The zero-order valence-electron chi connectivity index (χ0n) is 18.2. The second-order valence-electron chi connectivity index (χ2n) is 7.60. The summed E-state index contributed by atoms with van der Waals surface area (Å²) in [5.41, 5.74) is 5.18. The van der Waals surface area contributed by atoms with E-state index in [1.165, 1.54) is 4.57 Å². The average molecular weight is 428 g/mol. The van der Waals surface area contributed by atoms with Crippen molar-refractivity contribution in [3.05, 3.63) is 57.8 Å². The van der Waals surface area contributed by atoms with Gasteiger partial charge in [0.2, 0.25) is 5.75 Å². The van der Waals surface area contributed by atoms with E-state index in [9.17, 15) is 14.4 Å². The molecule has 2 aliphatic heterocycles. The first-order valence-electron chi connectivity index (χ1n) is 10.8. The van der Waals surface area contributed by atoms with Gasteiger partial charge in [-0.2, -0.15) is 0 Å². The number of ether oxygens (including phenoxy) is 2. The van der Waals surface area contributed by atoms with Crippen molar-refractivity contribution in [2.75, 3.05) is 6.61 Å². The molecule has 1 aromatic heterocycles. The first kappa shape index (κ1) is 22.7. The van der Waals surface area contributed by atoms with Crippen LogP contribution in [0.2, 0.25) is 0 Å². The van der Waals surface area contributed by atoms with Gasteiger partial charge in [-0.25, -0.2) is 14.6 Å². The molecule has 1 saturated carbocycles. The van der Waals surface area contributed by atoms with E-state index < -0.39 is 28.8 Å². The molecule has 1 aliphatic carbocycles. The lowest BCUT2D eigenvalue weighted by Crippen LogP contribution is -2.43. The van der Waals surface area contributed by atoms with Crippen molar-refractivity contribution < 1.29 is 19.1 Å². The Morgan fingerprint density at radius 1 is 1.16 bits per heavy atom. The Kier molecular flexibility index (Phi) is 6.90. The monoisotopic (exact) mass is 427 g/mol. The quantitative estimate of drug-likeness (QED) is 0.746. The van der Waals surface area contributed by atoms with Gasteiger partial charge in [-0.1, -0.05) is 32.0 Å². The zero-order chi connectivity index (χ0) is 22.6. The normalized spacial score (nSPS) is 21.2. The second-order valence-corrected chi connectivity index (χ2v) is 7.60. The lowest BCUT2D eigenvalue weighted by atomic mass is 9.78. The summed E-state index contributed by atoms with van der Waals surface area (Å²) in [5, 5.41) is 0. The Hall–Kier alpha value is -3.00. The van der Waals surface area contributed by atoms with Gasteiger partial charge < -0.3 is 15.2 Å². The highest BCUT2D eigenvalue weighted by Crippen LogP contribution is 2.41. The summed E-state index contributed by atoms with van der Waals surface area (Å²) >= 11 is 0. The molecule has 31 heavy (non-hydrogen) atoms. The molecule has 3 heterocycles. The summed E-state index contributed by atoms with van der Waals surface area (Å²) in [5.74, 6) is -1.30. The van der Waals surface area contributed by atoms with Gasteiger partial charge >= 0.3 is 11.9 Å². The predicted octanol–water partition coefficient (Wildman–Crippen LogP) is 3.02. The Balaban J connectivity index is 0.00000132. The Bertz CT molecular complexity index is 1010. The topological polar surface area (TPSA) is 114 Å². The number of hydrogen-bond acceptors (Lipinski definition) is 7. The molecule has 1 fully saturated rings. The number of rotatable bonds is 4. The molecule has 0 amide bonds. The number of carbonyl (C=O) groups is 2. The van der Waals surface area contributed by atoms with Crippen molar-refractivity contribution in [1.82, 2.24) is 9.55 Å². The molecular weight excluding hydrogens is 398 g/mol. The maximum atomic E-state index is 13.3. The molecule has 5 rings (SSSR count). The number of nitrogens with zero attached hydrogens (tertiary/aromatic N) is 2. The highest BCUT2D eigenvalue weighted by molar-refractivity contribution is 5.94. The molecule has 0 spiro atoms. The summed E-state index contributed by atoms with van der Waals surface area (Å²) in [7, 11) is 0. The third-order valence-electron chi connectivity index (χ3n) is 5.68. The van der Waals surface area contributed by atoms with Gasteiger partial charge in [0.05, 0.1) is 17.7 Å². The number of carbonyl (C=O) groups excluding carboxylic acids is 2. The molecule has 8 heteroatoms. The largest absolute Gasteiger partial charge is 0.461 e. The van der Waals surface area contributed by atoms with Crippen molar-refractivity contribution in [3.8, 4) is 5.75 Å². The Labute approximate surface area is 181 Å². The van der Waals surface area contributed by atoms with Crippen molar-refractivity contribution in [2.45, 2.75) is 58.5 Å². The molecule has 8 nitrogen and oxygen atoms in total. The fourth-order valence-electron chi connectivity index (χ4n) is 4.10. The summed E-state index contributed by atoms with van der Waals surface area (Å²) < 4.78 is 11.9. The molecule has 2 bridgehead atoms. The molecule has 0 atom stereocenters. The van der Waals surface area contributed by atoms with Gasteiger partial charge in [-0.15, -0.1) is 0 Å².